The van der Waals surface area contributed by atoms with Crippen LogP contribution in [0.1, 0.15) is 0 Å². The summed E-state index contributed by atoms with van der Waals surface area (Å²) in [5.41, 5.74) is 6.70. The zero-order chi connectivity index (χ0) is 11.1. The maximum atomic E-state index is 6.00. The van der Waals surface area contributed by atoms with Crippen LogP contribution in [0.25, 0.3) is 0 Å². The van der Waals surface area contributed by atoms with Gasteiger partial charge in [0.05, 0.1) is 11.4 Å². The quantitative estimate of drug-likeness (QED) is 0.643. The van der Waals surface area contributed by atoms with Gasteiger partial charge in [-0.3, -0.25) is 5.01 Å². The van der Waals surface area contributed by atoms with Gasteiger partial charge in [0, 0.05) is 30.7 Å². The third-order valence-corrected chi connectivity index (χ3v) is 3.16. The Kier molecular flexibility index (Phi) is 2.19. The van der Waals surface area contributed by atoms with E-state index in [2.05, 4.69) is 16.1 Å². The molecule has 84 valence electrons. The van der Waals surface area contributed by atoms with Crippen molar-refractivity contribution in [1.82, 2.24) is 10.4 Å². The Hall–Kier alpha value is -1.39. The van der Waals surface area contributed by atoms with Gasteiger partial charge in [-0.1, -0.05) is 11.6 Å². The van der Waals surface area contributed by atoms with E-state index in [0.717, 1.165) is 35.3 Å². The second-order valence-electron chi connectivity index (χ2n) is 4.01. The van der Waals surface area contributed by atoms with E-state index in [1.807, 2.05) is 30.3 Å². The predicted octanol–water partition coefficient (Wildman–Crippen LogP) is 1.84. The highest BCUT2D eigenvalue weighted by Gasteiger charge is 2.22. The summed E-state index contributed by atoms with van der Waals surface area (Å²) in [7, 11) is 2.00. The summed E-state index contributed by atoms with van der Waals surface area (Å²) >= 11 is 6.00. The molecule has 0 bridgehead atoms. The summed E-state index contributed by atoms with van der Waals surface area (Å²) in [4.78, 5) is 0. The Morgan fingerprint density at radius 2 is 2.12 bits per heavy atom. The number of hydrogen-bond donors (Lipinski definition) is 3. The Balaban J connectivity index is 2.01. The average Bonchev–Trinajstić information content (AvgIpc) is 2.51. The van der Waals surface area contributed by atoms with E-state index in [0.29, 0.717) is 0 Å². The normalized spacial score (nSPS) is 18.5. The third kappa shape index (κ3) is 1.50. The molecule has 0 aliphatic carbocycles. The molecule has 0 atom stereocenters. The van der Waals surface area contributed by atoms with Crippen LogP contribution in [-0.4, -0.2) is 25.1 Å². The number of nitrogens with one attached hydrogen (secondary N) is 3. The largest absolute Gasteiger partial charge is 0.379 e. The van der Waals surface area contributed by atoms with Crippen molar-refractivity contribution in [3.05, 3.63) is 34.6 Å². The van der Waals surface area contributed by atoms with E-state index in [1.54, 1.807) is 0 Å². The van der Waals surface area contributed by atoms with Crippen LogP contribution in [0.3, 0.4) is 0 Å². The number of anilines is 2. The number of benzene rings is 1. The molecule has 3 N–H and O–H groups in total. The topological polar surface area (TPSA) is 39.3 Å². The molecular formula is C11H13ClN4. The number of hydrazine groups is 1. The minimum atomic E-state index is 0.741. The lowest BCUT2D eigenvalue weighted by molar-refractivity contribution is 0.349. The first kappa shape index (κ1) is 9.81. The Bertz CT molecular complexity index is 469. The van der Waals surface area contributed by atoms with Crippen molar-refractivity contribution in [3.8, 4) is 0 Å². The van der Waals surface area contributed by atoms with Crippen molar-refractivity contribution < 1.29 is 0 Å². The van der Waals surface area contributed by atoms with E-state index >= 15 is 0 Å². The van der Waals surface area contributed by atoms with E-state index in [1.165, 1.54) is 5.57 Å². The number of fused-ring (bicyclic) bond motifs is 1. The smallest absolute Gasteiger partial charge is 0.122 e. The molecule has 0 aromatic heterocycles. The Morgan fingerprint density at radius 3 is 3.00 bits per heavy atom. The van der Waals surface area contributed by atoms with Gasteiger partial charge in [0.25, 0.3) is 0 Å². The first-order chi connectivity index (χ1) is 7.74. The highest BCUT2D eigenvalue weighted by molar-refractivity contribution is 6.31. The summed E-state index contributed by atoms with van der Waals surface area (Å²) < 4.78 is 0. The van der Waals surface area contributed by atoms with Crippen molar-refractivity contribution in [2.45, 2.75) is 0 Å². The van der Waals surface area contributed by atoms with E-state index in [4.69, 9.17) is 11.6 Å². The maximum Gasteiger partial charge on any atom is 0.122 e. The zero-order valence-corrected chi connectivity index (χ0v) is 9.73. The molecule has 16 heavy (non-hydrogen) atoms. The molecule has 2 aliphatic rings. The van der Waals surface area contributed by atoms with Crippen LogP contribution in [0, 0.1) is 0 Å². The summed E-state index contributed by atoms with van der Waals surface area (Å²) in [6.45, 7) is 1.74. The first-order valence-corrected chi connectivity index (χ1v) is 5.61. The highest BCUT2D eigenvalue weighted by Crippen LogP contribution is 2.31. The third-order valence-electron chi connectivity index (χ3n) is 2.93. The van der Waals surface area contributed by atoms with Crippen molar-refractivity contribution in [1.29, 1.82) is 0 Å². The average molecular weight is 237 g/mol. The second-order valence-corrected chi connectivity index (χ2v) is 4.45. The van der Waals surface area contributed by atoms with E-state index in [-0.39, 0.29) is 0 Å². The van der Waals surface area contributed by atoms with Gasteiger partial charge in [-0.2, -0.15) is 0 Å². The fourth-order valence-electron chi connectivity index (χ4n) is 2.04. The lowest BCUT2D eigenvalue weighted by Gasteiger charge is -2.18. The molecule has 2 aliphatic heterocycles. The van der Waals surface area contributed by atoms with Gasteiger partial charge in [-0.15, -0.1) is 0 Å². The molecule has 0 fully saturated rings. The standard InChI is InChI=1S/C11H13ClN4/c1-16-11-7(6-14-16)5-13-9-3-2-8(12)4-10(9)15-11/h2-4,13-15H,5-6H2,1H3. The molecule has 5 heteroatoms. The molecule has 1 aromatic rings. The predicted molar refractivity (Wildman–Crippen MR) is 66.4 cm³/mol. The SMILES string of the molecule is CN1NCC2=C1Nc1cc(Cl)ccc1NC2. The fraction of sp³-hybridized carbons (Fsp3) is 0.273. The summed E-state index contributed by atoms with van der Waals surface area (Å²) in [5.74, 6) is 1.12. The second kappa shape index (κ2) is 3.57. The summed E-state index contributed by atoms with van der Waals surface area (Å²) in [6.07, 6.45) is 0. The van der Waals surface area contributed by atoms with Crippen LogP contribution in [0.15, 0.2) is 29.6 Å². The van der Waals surface area contributed by atoms with E-state index in [9.17, 15) is 0 Å². The van der Waals surface area contributed by atoms with Gasteiger partial charge < -0.3 is 10.6 Å². The van der Waals surface area contributed by atoms with Crippen LogP contribution >= 0.6 is 11.6 Å². The number of rotatable bonds is 0. The van der Waals surface area contributed by atoms with Gasteiger partial charge in [-0.05, 0) is 18.2 Å². The van der Waals surface area contributed by atoms with E-state index < -0.39 is 0 Å². The number of hydrogen-bond acceptors (Lipinski definition) is 4. The van der Waals surface area contributed by atoms with Crippen molar-refractivity contribution in [2.75, 3.05) is 30.8 Å². The first-order valence-electron chi connectivity index (χ1n) is 5.24. The lowest BCUT2D eigenvalue weighted by atomic mass is 10.2. The lowest BCUT2D eigenvalue weighted by Crippen LogP contribution is -2.30. The van der Waals surface area contributed by atoms with Crippen LogP contribution in [0.2, 0.25) is 5.02 Å². The van der Waals surface area contributed by atoms with Gasteiger partial charge in [0.2, 0.25) is 0 Å². The minimum Gasteiger partial charge on any atom is -0.379 e. The summed E-state index contributed by atoms with van der Waals surface area (Å²) in [6, 6.07) is 5.83. The van der Waals surface area contributed by atoms with Gasteiger partial charge in [0.1, 0.15) is 5.82 Å². The van der Waals surface area contributed by atoms with Gasteiger partial charge in [-0.25, -0.2) is 5.43 Å². The zero-order valence-electron chi connectivity index (χ0n) is 8.97. The Morgan fingerprint density at radius 1 is 1.25 bits per heavy atom. The molecular weight excluding hydrogens is 224 g/mol. The molecule has 0 unspecified atom stereocenters. The molecule has 0 spiro atoms. The van der Waals surface area contributed by atoms with Crippen molar-refractivity contribution in [3.63, 3.8) is 0 Å². The Labute approximate surface area is 99.2 Å². The maximum absolute atomic E-state index is 6.00. The molecule has 3 rings (SSSR count). The molecule has 0 saturated carbocycles. The molecule has 2 heterocycles. The van der Waals surface area contributed by atoms with Gasteiger partial charge >= 0.3 is 0 Å². The van der Waals surface area contributed by atoms with Crippen LogP contribution in [0.5, 0.6) is 0 Å². The van der Waals surface area contributed by atoms with Crippen LogP contribution in [-0.2, 0) is 0 Å². The molecule has 0 amide bonds. The fourth-order valence-corrected chi connectivity index (χ4v) is 2.21. The summed E-state index contributed by atoms with van der Waals surface area (Å²) in [5, 5.41) is 9.56. The number of halogens is 1. The molecule has 0 radical (unpaired) electrons. The van der Waals surface area contributed by atoms with Crippen LogP contribution in [0.4, 0.5) is 11.4 Å². The molecule has 4 nitrogen and oxygen atoms in total. The van der Waals surface area contributed by atoms with Crippen molar-refractivity contribution in [2.24, 2.45) is 0 Å². The van der Waals surface area contributed by atoms with Gasteiger partial charge in [0.15, 0.2) is 0 Å². The minimum absolute atomic E-state index is 0.741. The number of nitrogens with zero attached hydrogens (tertiary/aromatic N) is 1. The van der Waals surface area contributed by atoms with Crippen molar-refractivity contribution >= 4 is 23.0 Å². The molecule has 0 saturated heterocycles. The highest BCUT2D eigenvalue weighted by atomic mass is 35.5. The monoisotopic (exact) mass is 236 g/mol. The van der Waals surface area contributed by atoms with Crippen LogP contribution < -0.4 is 16.1 Å². The molecule has 1 aromatic carbocycles.